The highest BCUT2D eigenvalue weighted by Gasteiger charge is 2.04. The zero-order valence-electron chi connectivity index (χ0n) is 15.1. The van der Waals surface area contributed by atoms with Gasteiger partial charge in [0, 0.05) is 36.1 Å². The Morgan fingerprint density at radius 1 is 1.07 bits per heavy atom. The molecule has 0 radical (unpaired) electrons. The highest BCUT2D eigenvalue weighted by atomic mass is 16.2. The molecule has 2 N–H and O–H groups in total. The molecule has 0 aliphatic carbocycles. The predicted molar refractivity (Wildman–Crippen MR) is 107 cm³/mol. The Bertz CT molecular complexity index is 990. The predicted octanol–water partition coefficient (Wildman–Crippen LogP) is 3.79. The Kier molecular flexibility index (Phi) is 5.47. The zero-order chi connectivity index (χ0) is 19.2. The van der Waals surface area contributed by atoms with Gasteiger partial charge in [0.2, 0.25) is 11.8 Å². The minimum Gasteiger partial charge on any atom is -0.326 e. The number of hydrogen-bond acceptors (Lipinski definition) is 3. The molecule has 2 amide bonds. The van der Waals surface area contributed by atoms with E-state index in [2.05, 4.69) is 15.7 Å². The zero-order valence-corrected chi connectivity index (χ0v) is 15.1. The molecular weight excluding hydrogens is 340 g/mol. The van der Waals surface area contributed by atoms with Crippen molar-refractivity contribution in [1.29, 1.82) is 0 Å². The number of carbonyl (C=O) groups excluding carboxylic acids is 2. The van der Waals surface area contributed by atoms with Crippen LogP contribution in [0.2, 0.25) is 0 Å². The fraction of sp³-hybridized carbons (Fsp3) is 0.0952. The average molecular weight is 360 g/mol. The van der Waals surface area contributed by atoms with Crippen molar-refractivity contribution in [2.75, 3.05) is 10.6 Å². The van der Waals surface area contributed by atoms with Crippen molar-refractivity contribution in [3.63, 3.8) is 0 Å². The molecule has 1 heterocycles. The van der Waals surface area contributed by atoms with E-state index in [1.165, 1.54) is 13.0 Å². The molecular formula is C21H20N4O2. The van der Waals surface area contributed by atoms with E-state index in [1.807, 2.05) is 49.5 Å². The normalized spacial score (nSPS) is 10.7. The standard InChI is InChI=1S/C21H20N4O2/c1-15-12-18(9-10-20(15)23-16(2)26)24-21(27)11-8-17-13-22-25(14-17)19-6-4-3-5-7-19/h3-14H,1-2H3,(H,23,26)(H,24,27)/b11-8+. The number of amides is 2. The number of hydrogen-bond donors (Lipinski definition) is 2. The number of nitrogens with one attached hydrogen (secondary N) is 2. The van der Waals surface area contributed by atoms with Crippen molar-refractivity contribution in [1.82, 2.24) is 9.78 Å². The van der Waals surface area contributed by atoms with Crippen LogP contribution in [0.4, 0.5) is 11.4 Å². The second-order valence-electron chi connectivity index (χ2n) is 6.09. The van der Waals surface area contributed by atoms with Crippen molar-refractivity contribution in [3.8, 4) is 5.69 Å². The summed E-state index contributed by atoms with van der Waals surface area (Å²) >= 11 is 0. The molecule has 3 aromatic rings. The van der Waals surface area contributed by atoms with Gasteiger partial charge in [-0.05, 0) is 48.9 Å². The maximum absolute atomic E-state index is 12.1. The van der Waals surface area contributed by atoms with Gasteiger partial charge in [-0.3, -0.25) is 9.59 Å². The maximum atomic E-state index is 12.1. The smallest absolute Gasteiger partial charge is 0.248 e. The van der Waals surface area contributed by atoms with Gasteiger partial charge in [0.15, 0.2) is 0 Å². The van der Waals surface area contributed by atoms with Gasteiger partial charge in [0.25, 0.3) is 0 Å². The summed E-state index contributed by atoms with van der Waals surface area (Å²) in [6.07, 6.45) is 6.72. The summed E-state index contributed by atoms with van der Waals surface area (Å²) in [5, 5.41) is 9.84. The molecule has 0 spiro atoms. The second-order valence-corrected chi connectivity index (χ2v) is 6.09. The largest absolute Gasteiger partial charge is 0.326 e. The van der Waals surface area contributed by atoms with E-state index in [4.69, 9.17) is 0 Å². The Balaban J connectivity index is 1.63. The summed E-state index contributed by atoms with van der Waals surface area (Å²) in [6.45, 7) is 3.33. The number of aromatic nitrogens is 2. The summed E-state index contributed by atoms with van der Waals surface area (Å²) in [6, 6.07) is 15.1. The quantitative estimate of drug-likeness (QED) is 0.680. The Hall–Kier alpha value is -3.67. The van der Waals surface area contributed by atoms with Gasteiger partial charge in [0.05, 0.1) is 11.9 Å². The van der Waals surface area contributed by atoms with Gasteiger partial charge in [-0.25, -0.2) is 4.68 Å². The van der Waals surface area contributed by atoms with Gasteiger partial charge in [0.1, 0.15) is 0 Å². The molecule has 6 heteroatoms. The van der Waals surface area contributed by atoms with Crippen LogP contribution in [0.1, 0.15) is 18.1 Å². The number of para-hydroxylation sites is 1. The van der Waals surface area contributed by atoms with E-state index in [0.717, 1.165) is 22.5 Å². The van der Waals surface area contributed by atoms with Crippen LogP contribution >= 0.6 is 0 Å². The summed E-state index contributed by atoms with van der Waals surface area (Å²) in [7, 11) is 0. The van der Waals surface area contributed by atoms with Crippen molar-refractivity contribution in [2.24, 2.45) is 0 Å². The van der Waals surface area contributed by atoms with Crippen LogP contribution in [-0.4, -0.2) is 21.6 Å². The first-order valence-electron chi connectivity index (χ1n) is 8.49. The Labute approximate surface area is 157 Å². The van der Waals surface area contributed by atoms with Crippen LogP contribution in [0.15, 0.2) is 67.0 Å². The van der Waals surface area contributed by atoms with Crippen molar-refractivity contribution < 1.29 is 9.59 Å². The maximum Gasteiger partial charge on any atom is 0.248 e. The number of nitrogens with zero attached hydrogens (tertiary/aromatic N) is 2. The number of rotatable bonds is 5. The van der Waals surface area contributed by atoms with Gasteiger partial charge >= 0.3 is 0 Å². The second kappa shape index (κ2) is 8.14. The summed E-state index contributed by atoms with van der Waals surface area (Å²) in [4.78, 5) is 23.3. The van der Waals surface area contributed by atoms with Crippen LogP contribution in [-0.2, 0) is 9.59 Å². The summed E-state index contributed by atoms with van der Waals surface area (Å²) < 4.78 is 1.75. The highest BCUT2D eigenvalue weighted by molar-refractivity contribution is 6.02. The van der Waals surface area contributed by atoms with Crippen LogP contribution in [0.25, 0.3) is 11.8 Å². The third-order valence-corrected chi connectivity index (χ3v) is 3.86. The van der Waals surface area contributed by atoms with Crippen LogP contribution in [0.3, 0.4) is 0 Å². The van der Waals surface area contributed by atoms with E-state index in [9.17, 15) is 9.59 Å². The lowest BCUT2D eigenvalue weighted by molar-refractivity contribution is -0.114. The molecule has 3 rings (SSSR count). The topological polar surface area (TPSA) is 76.0 Å². The van der Waals surface area contributed by atoms with E-state index < -0.39 is 0 Å². The molecule has 6 nitrogen and oxygen atoms in total. The monoisotopic (exact) mass is 360 g/mol. The lowest BCUT2D eigenvalue weighted by Gasteiger charge is -2.09. The lowest BCUT2D eigenvalue weighted by Crippen LogP contribution is -2.10. The third kappa shape index (κ3) is 4.92. The van der Waals surface area contributed by atoms with Crippen molar-refractivity contribution >= 4 is 29.3 Å². The summed E-state index contributed by atoms with van der Waals surface area (Å²) in [5.74, 6) is -0.372. The molecule has 27 heavy (non-hydrogen) atoms. The number of benzene rings is 2. The number of anilines is 2. The SMILES string of the molecule is CC(=O)Nc1ccc(NC(=O)/C=C/c2cnn(-c3ccccc3)c2)cc1C. The molecule has 0 aliphatic rings. The van der Waals surface area contributed by atoms with Crippen molar-refractivity contribution in [2.45, 2.75) is 13.8 Å². The molecule has 0 bridgehead atoms. The lowest BCUT2D eigenvalue weighted by atomic mass is 10.1. The van der Waals surface area contributed by atoms with Crippen LogP contribution in [0, 0.1) is 6.92 Å². The molecule has 0 saturated carbocycles. The first kappa shape index (κ1) is 18.1. The van der Waals surface area contributed by atoms with Crippen molar-refractivity contribution in [3.05, 3.63) is 78.1 Å². The number of aryl methyl sites for hydroxylation is 1. The van der Waals surface area contributed by atoms with E-state index in [1.54, 1.807) is 29.1 Å². The fourth-order valence-corrected chi connectivity index (χ4v) is 2.57. The van der Waals surface area contributed by atoms with Crippen LogP contribution < -0.4 is 10.6 Å². The van der Waals surface area contributed by atoms with Gasteiger partial charge < -0.3 is 10.6 Å². The third-order valence-electron chi connectivity index (χ3n) is 3.86. The molecule has 0 unspecified atom stereocenters. The molecule has 2 aromatic carbocycles. The fourth-order valence-electron chi connectivity index (χ4n) is 2.57. The first-order valence-corrected chi connectivity index (χ1v) is 8.49. The Morgan fingerprint density at radius 2 is 1.85 bits per heavy atom. The molecule has 0 atom stereocenters. The minimum absolute atomic E-state index is 0.131. The Morgan fingerprint density at radius 3 is 2.56 bits per heavy atom. The highest BCUT2D eigenvalue weighted by Crippen LogP contribution is 2.19. The van der Waals surface area contributed by atoms with Gasteiger partial charge in [-0.2, -0.15) is 5.10 Å². The van der Waals surface area contributed by atoms with E-state index in [0.29, 0.717) is 5.69 Å². The van der Waals surface area contributed by atoms with Gasteiger partial charge in [-0.15, -0.1) is 0 Å². The first-order chi connectivity index (χ1) is 13.0. The molecule has 0 fully saturated rings. The molecule has 0 saturated heterocycles. The summed E-state index contributed by atoms with van der Waals surface area (Å²) in [5.41, 5.74) is 4.04. The molecule has 136 valence electrons. The molecule has 0 aliphatic heterocycles. The van der Waals surface area contributed by atoms with Crippen LogP contribution in [0.5, 0.6) is 0 Å². The van der Waals surface area contributed by atoms with E-state index >= 15 is 0 Å². The van der Waals surface area contributed by atoms with Gasteiger partial charge in [-0.1, -0.05) is 18.2 Å². The molecule has 1 aromatic heterocycles. The number of carbonyl (C=O) groups is 2. The minimum atomic E-state index is -0.242. The average Bonchev–Trinajstić information content (AvgIpc) is 3.12. The van der Waals surface area contributed by atoms with E-state index in [-0.39, 0.29) is 11.8 Å².